The summed E-state index contributed by atoms with van der Waals surface area (Å²) in [6.45, 7) is 4.56. The third-order valence-electron chi connectivity index (χ3n) is 9.87. The van der Waals surface area contributed by atoms with Gasteiger partial charge in [-0.25, -0.2) is 19.9 Å². The molecule has 0 spiro atoms. The number of hydrogen-bond acceptors (Lipinski definition) is 6. The Morgan fingerprint density at radius 2 is 1.14 bits per heavy atom. The zero-order valence-electron chi connectivity index (χ0n) is 26.8. The van der Waals surface area contributed by atoms with Crippen molar-refractivity contribution >= 4 is 33.0 Å². The van der Waals surface area contributed by atoms with Crippen LogP contribution in [0.1, 0.15) is 25.0 Å². The lowest BCUT2D eigenvalue weighted by Gasteiger charge is -2.22. The predicted molar refractivity (Wildman–Crippen MR) is 194 cm³/mol. The molecule has 0 aliphatic heterocycles. The molecule has 0 bridgehead atoms. The third kappa shape index (κ3) is 4.27. The highest BCUT2D eigenvalue weighted by Crippen LogP contribution is 2.51. The van der Waals surface area contributed by atoms with Crippen molar-refractivity contribution in [1.82, 2.24) is 19.9 Å². The van der Waals surface area contributed by atoms with Crippen molar-refractivity contribution in [2.45, 2.75) is 19.3 Å². The van der Waals surface area contributed by atoms with Crippen LogP contribution in [0.25, 0.3) is 89.5 Å². The predicted octanol–water partition coefficient (Wildman–Crippen LogP) is 10.9. The molecule has 1 aliphatic carbocycles. The Bertz CT molecular complexity index is 2690. The van der Waals surface area contributed by atoms with E-state index < -0.39 is 0 Å². The molecule has 3 heterocycles. The van der Waals surface area contributed by atoms with Gasteiger partial charge in [0.1, 0.15) is 16.7 Å². The van der Waals surface area contributed by atoms with Gasteiger partial charge in [-0.2, -0.15) is 0 Å². The summed E-state index contributed by atoms with van der Waals surface area (Å²) in [5.41, 5.74) is 12.8. The van der Waals surface area contributed by atoms with Gasteiger partial charge in [0.15, 0.2) is 29.4 Å². The van der Waals surface area contributed by atoms with E-state index in [4.69, 9.17) is 23.8 Å². The van der Waals surface area contributed by atoms with Gasteiger partial charge in [0.25, 0.3) is 0 Å². The maximum Gasteiger partial charge on any atom is 0.181 e. The summed E-state index contributed by atoms with van der Waals surface area (Å²) >= 11 is 0. The topological polar surface area (TPSA) is 77.8 Å². The first-order valence-corrected chi connectivity index (χ1v) is 16.4. The second-order valence-corrected chi connectivity index (χ2v) is 13.1. The zero-order chi connectivity index (χ0) is 32.7. The molecule has 6 heteroatoms. The lowest BCUT2D eigenvalue weighted by Crippen LogP contribution is -2.15. The molecule has 9 aromatic rings. The van der Waals surface area contributed by atoms with Gasteiger partial charge in [-0.1, -0.05) is 105 Å². The molecule has 0 unspecified atom stereocenters. The largest absolute Gasteiger partial charge is 0.456 e. The number of para-hydroxylation sites is 1. The summed E-state index contributed by atoms with van der Waals surface area (Å²) < 4.78 is 12.2. The van der Waals surface area contributed by atoms with Gasteiger partial charge >= 0.3 is 0 Å². The number of nitrogens with zero attached hydrogens (tertiary/aromatic N) is 4. The van der Waals surface area contributed by atoms with Crippen molar-refractivity contribution in [1.29, 1.82) is 0 Å². The highest BCUT2D eigenvalue weighted by molar-refractivity contribution is 6.13. The minimum Gasteiger partial charge on any atom is -0.456 e. The van der Waals surface area contributed by atoms with Crippen LogP contribution in [0.4, 0.5) is 0 Å². The molecule has 0 N–H and O–H groups in total. The third-order valence-corrected chi connectivity index (χ3v) is 9.87. The van der Waals surface area contributed by atoms with E-state index in [1.807, 2.05) is 72.8 Å². The molecule has 0 radical (unpaired) electrons. The Kier molecular flexibility index (Phi) is 5.82. The van der Waals surface area contributed by atoms with E-state index in [9.17, 15) is 0 Å². The number of oxazole rings is 1. The van der Waals surface area contributed by atoms with E-state index in [1.165, 1.54) is 28.6 Å². The second-order valence-electron chi connectivity index (χ2n) is 13.1. The molecule has 6 nitrogen and oxygen atoms in total. The van der Waals surface area contributed by atoms with Gasteiger partial charge in [-0.3, -0.25) is 0 Å². The monoisotopic (exact) mass is 632 g/mol. The minimum atomic E-state index is -0.236. The van der Waals surface area contributed by atoms with E-state index in [2.05, 4.69) is 73.4 Å². The normalized spacial score (nSPS) is 13.3. The first-order valence-electron chi connectivity index (χ1n) is 16.4. The Hall–Kier alpha value is -6.40. The Morgan fingerprint density at radius 1 is 0.490 bits per heavy atom. The fourth-order valence-electron chi connectivity index (χ4n) is 7.40. The van der Waals surface area contributed by atoms with Crippen molar-refractivity contribution in [3.8, 4) is 56.4 Å². The minimum absolute atomic E-state index is 0.236. The van der Waals surface area contributed by atoms with Crippen LogP contribution in [0, 0.1) is 0 Å². The van der Waals surface area contributed by atoms with Crippen molar-refractivity contribution in [3.63, 3.8) is 0 Å². The van der Waals surface area contributed by atoms with Crippen LogP contribution in [0.2, 0.25) is 0 Å². The first kappa shape index (κ1) is 27.7. The van der Waals surface area contributed by atoms with Crippen LogP contribution in [0.15, 0.2) is 143 Å². The second kappa shape index (κ2) is 10.3. The molecule has 232 valence electrons. The SMILES string of the molecule is CC1(C)c2cc(-c3cc(-c4nc(-c5ccccc5)nc(-c5ccccc5)n4)cc4oc5ccccc5c34)ccc2-c2cc3ncoc3cc21. The van der Waals surface area contributed by atoms with Crippen LogP contribution >= 0.6 is 0 Å². The Morgan fingerprint density at radius 3 is 1.88 bits per heavy atom. The molecule has 1 aliphatic rings. The van der Waals surface area contributed by atoms with Crippen LogP contribution in [0.3, 0.4) is 0 Å². The summed E-state index contributed by atoms with van der Waals surface area (Å²) in [6.07, 6.45) is 1.52. The first-order chi connectivity index (χ1) is 24.0. The van der Waals surface area contributed by atoms with E-state index in [0.717, 1.165) is 60.9 Å². The number of aromatic nitrogens is 4. The summed E-state index contributed by atoms with van der Waals surface area (Å²) in [6, 6.07) is 43.7. The van der Waals surface area contributed by atoms with Crippen LogP contribution < -0.4 is 0 Å². The van der Waals surface area contributed by atoms with E-state index >= 15 is 0 Å². The smallest absolute Gasteiger partial charge is 0.181 e. The molecular formula is C43H28N4O2. The molecule has 0 saturated heterocycles. The van der Waals surface area contributed by atoms with Crippen LogP contribution in [-0.4, -0.2) is 19.9 Å². The molecule has 0 amide bonds. The molecule has 10 rings (SSSR count). The van der Waals surface area contributed by atoms with E-state index in [-0.39, 0.29) is 5.41 Å². The Balaban J connectivity index is 1.21. The van der Waals surface area contributed by atoms with Crippen LogP contribution in [0.5, 0.6) is 0 Å². The van der Waals surface area contributed by atoms with Gasteiger partial charge in [-0.15, -0.1) is 0 Å². The fraction of sp³-hybridized carbons (Fsp3) is 0.0698. The maximum absolute atomic E-state index is 6.54. The summed E-state index contributed by atoms with van der Waals surface area (Å²) in [7, 11) is 0. The number of fused-ring (bicyclic) bond motifs is 7. The Labute approximate surface area is 281 Å². The lowest BCUT2D eigenvalue weighted by molar-refractivity contribution is 0.598. The molecule has 0 fully saturated rings. The molecule has 3 aromatic heterocycles. The van der Waals surface area contributed by atoms with Gasteiger partial charge in [0, 0.05) is 32.9 Å². The summed E-state index contributed by atoms with van der Waals surface area (Å²) in [4.78, 5) is 19.4. The highest BCUT2D eigenvalue weighted by Gasteiger charge is 2.36. The van der Waals surface area contributed by atoms with E-state index in [0.29, 0.717) is 17.5 Å². The molecule has 6 aromatic carbocycles. The summed E-state index contributed by atoms with van der Waals surface area (Å²) in [5.74, 6) is 1.82. The molecule has 0 atom stereocenters. The molecule has 0 saturated carbocycles. The van der Waals surface area contributed by atoms with Crippen molar-refractivity contribution in [2.24, 2.45) is 0 Å². The standard InChI is InChI=1S/C43H28N4O2/c1-43(2)33-20-27(17-18-29(33)32-22-35-37(23-34(32)43)48-24-44-35)31-19-28(21-38-39(31)30-15-9-10-16-36(30)49-38)42-46-40(25-11-5-3-6-12-25)45-41(47-42)26-13-7-4-8-14-26/h3-24H,1-2H3. The number of benzene rings is 6. The van der Waals surface area contributed by atoms with Crippen molar-refractivity contribution < 1.29 is 8.83 Å². The van der Waals surface area contributed by atoms with E-state index in [1.54, 1.807) is 0 Å². The average molecular weight is 633 g/mol. The number of rotatable bonds is 4. The number of furan rings is 1. The lowest BCUT2D eigenvalue weighted by atomic mass is 9.81. The molecule has 49 heavy (non-hydrogen) atoms. The average Bonchev–Trinajstić information content (AvgIpc) is 3.83. The maximum atomic E-state index is 6.54. The van der Waals surface area contributed by atoms with Gasteiger partial charge in [-0.05, 0) is 69.8 Å². The van der Waals surface area contributed by atoms with Crippen molar-refractivity contribution in [2.75, 3.05) is 0 Å². The quantitative estimate of drug-likeness (QED) is 0.192. The van der Waals surface area contributed by atoms with Gasteiger partial charge in [0.05, 0.1) is 0 Å². The fourth-order valence-corrected chi connectivity index (χ4v) is 7.40. The van der Waals surface area contributed by atoms with Gasteiger partial charge in [0.2, 0.25) is 0 Å². The highest BCUT2D eigenvalue weighted by atomic mass is 16.3. The number of hydrogen-bond donors (Lipinski definition) is 0. The van der Waals surface area contributed by atoms with Crippen LogP contribution in [-0.2, 0) is 5.41 Å². The summed E-state index contributed by atoms with van der Waals surface area (Å²) in [5, 5.41) is 2.13. The molecular weight excluding hydrogens is 604 g/mol. The van der Waals surface area contributed by atoms with Crippen molar-refractivity contribution in [3.05, 3.63) is 145 Å². The van der Waals surface area contributed by atoms with Gasteiger partial charge < -0.3 is 8.83 Å². The zero-order valence-corrected chi connectivity index (χ0v) is 26.8.